The molecule has 18 heavy (non-hydrogen) atoms. The van der Waals surface area contributed by atoms with Crippen molar-refractivity contribution in [1.29, 1.82) is 0 Å². The summed E-state index contributed by atoms with van der Waals surface area (Å²) in [5.74, 6) is 0. The third kappa shape index (κ3) is 1.97. The van der Waals surface area contributed by atoms with Crippen molar-refractivity contribution in [3.05, 3.63) is 69.5 Å². The van der Waals surface area contributed by atoms with Crippen LogP contribution in [0.1, 0.15) is 0 Å². The van der Waals surface area contributed by atoms with Crippen molar-refractivity contribution >= 4 is 26.9 Å². The highest BCUT2D eigenvalue weighted by molar-refractivity contribution is 9.10. The summed E-state index contributed by atoms with van der Waals surface area (Å²) in [4.78, 5) is 11.9. The lowest BCUT2D eigenvalue weighted by Gasteiger charge is -2.02. The number of para-hydroxylation sites is 1. The van der Waals surface area contributed by atoms with Crippen LogP contribution >= 0.6 is 15.9 Å². The lowest BCUT2D eigenvalue weighted by Crippen LogP contribution is -2.02. The summed E-state index contributed by atoms with van der Waals surface area (Å²) in [6.07, 6.45) is 0. The number of hydrogen-bond donors (Lipinski definition) is 0. The van der Waals surface area contributed by atoms with Gasteiger partial charge in [-0.2, -0.15) is 0 Å². The van der Waals surface area contributed by atoms with Gasteiger partial charge in [0.05, 0.1) is 5.56 Å². The van der Waals surface area contributed by atoms with Crippen molar-refractivity contribution in [1.82, 2.24) is 0 Å². The predicted molar refractivity (Wildman–Crippen MR) is 75.6 cm³/mol. The third-order valence-electron chi connectivity index (χ3n) is 2.80. The van der Waals surface area contributed by atoms with Gasteiger partial charge in [-0.3, -0.25) is 0 Å². The topological polar surface area (TPSA) is 30.2 Å². The van der Waals surface area contributed by atoms with Crippen molar-refractivity contribution < 1.29 is 4.42 Å². The van der Waals surface area contributed by atoms with E-state index in [0.29, 0.717) is 11.1 Å². The van der Waals surface area contributed by atoms with E-state index < -0.39 is 0 Å². The molecular formula is C15H9BrO2. The van der Waals surface area contributed by atoms with Crippen LogP contribution in [0.5, 0.6) is 0 Å². The average molecular weight is 301 g/mol. The van der Waals surface area contributed by atoms with Crippen LogP contribution in [0.3, 0.4) is 0 Å². The van der Waals surface area contributed by atoms with E-state index in [0.717, 1.165) is 15.4 Å². The molecule has 0 aliphatic carbocycles. The Bertz CT molecular complexity index is 757. The molecule has 0 aliphatic heterocycles. The van der Waals surface area contributed by atoms with Gasteiger partial charge in [-0.25, -0.2) is 4.79 Å². The van der Waals surface area contributed by atoms with E-state index in [-0.39, 0.29) is 5.63 Å². The van der Waals surface area contributed by atoms with Crippen molar-refractivity contribution in [2.24, 2.45) is 0 Å². The van der Waals surface area contributed by atoms with Gasteiger partial charge < -0.3 is 4.42 Å². The van der Waals surface area contributed by atoms with Crippen LogP contribution in [0.4, 0.5) is 0 Å². The van der Waals surface area contributed by atoms with Gasteiger partial charge in [-0.05, 0) is 29.8 Å². The van der Waals surface area contributed by atoms with Crippen LogP contribution < -0.4 is 5.63 Å². The molecule has 0 atom stereocenters. The summed E-state index contributed by atoms with van der Waals surface area (Å²) in [7, 11) is 0. The number of fused-ring (bicyclic) bond motifs is 1. The maximum Gasteiger partial charge on any atom is 0.344 e. The largest absolute Gasteiger partial charge is 0.422 e. The fourth-order valence-corrected chi connectivity index (χ4v) is 2.16. The summed E-state index contributed by atoms with van der Waals surface area (Å²) in [6.45, 7) is 0. The van der Waals surface area contributed by atoms with Crippen molar-refractivity contribution in [2.45, 2.75) is 0 Å². The standard InChI is InChI=1S/C15H9BrO2/c16-12-7-5-10(6-8-12)13-9-11-3-1-2-4-14(11)18-15(13)17/h1-9H. The molecule has 88 valence electrons. The van der Waals surface area contributed by atoms with Crippen LogP contribution in [0.25, 0.3) is 22.1 Å². The SMILES string of the molecule is O=c1oc2ccccc2cc1-c1ccc(Br)cc1. The van der Waals surface area contributed by atoms with Crippen LogP contribution in [-0.2, 0) is 0 Å². The van der Waals surface area contributed by atoms with E-state index in [4.69, 9.17) is 4.42 Å². The zero-order valence-corrected chi connectivity index (χ0v) is 11.0. The molecule has 1 aromatic heterocycles. The second-order valence-corrected chi connectivity index (χ2v) is 4.91. The molecule has 0 bridgehead atoms. The first-order valence-corrected chi connectivity index (χ1v) is 6.32. The highest BCUT2D eigenvalue weighted by atomic mass is 79.9. The van der Waals surface area contributed by atoms with Crippen molar-refractivity contribution in [3.63, 3.8) is 0 Å². The Morgan fingerprint density at radius 3 is 2.44 bits per heavy atom. The minimum atomic E-state index is -0.309. The highest BCUT2D eigenvalue weighted by Crippen LogP contribution is 2.22. The third-order valence-corrected chi connectivity index (χ3v) is 3.33. The van der Waals surface area contributed by atoms with E-state index in [1.807, 2.05) is 48.5 Å². The molecule has 0 aliphatic rings. The van der Waals surface area contributed by atoms with E-state index >= 15 is 0 Å². The van der Waals surface area contributed by atoms with Crippen LogP contribution in [0.15, 0.2) is 68.3 Å². The monoisotopic (exact) mass is 300 g/mol. The molecule has 1 heterocycles. The molecule has 0 amide bonds. The first kappa shape index (κ1) is 11.2. The number of hydrogen-bond acceptors (Lipinski definition) is 2. The van der Waals surface area contributed by atoms with Gasteiger partial charge in [-0.1, -0.05) is 46.3 Å². The van der Waals surface area contributed by atoms with Gasteiger partial charge in [0.25, 0.3) is 0 Å². The van der Waals surface area contributed by atoms with Gasteiger partial charge in [0.2, 0.25) is 0 Å². The molecule has 0 saturated heterocycles. The van der Waals surface area contributed by atoms with Gasteiger partial charge in [0.1, 0.15) is 5.58 Å². The lowest BCUT2D eigenvalue weighted by atomic mass is 10.1. The normalized spacial score (nSPS) is 10.7. The van der Waals surface area contributed by atoms with E-state index in [1.165, 1.54) is 0 Å². The molecule has 2 nitrogen and oxygen atoms in total. The van der Waals surface area contributed by atoms with E-state index in [1.54, 1.807) is 6.07 Å². The molecule has 0 fully saturated rings. The number of rotatable bonds is 1. The smallest absolute Gasteiger partial charge is 0.344 e. The molecular weight excluding hydrogens is 292 g/mol. The minimum Gasteiger partial charge on any atom is -0.422 e. The summed E-state index contributed by atoms with van der Waals surface area (Å²) < 4.78 is 6.29. The van der Waals surface area contributed by atoms with E-state index in [9.17, 15) is 4.79 Å². The summed E-state index contributed by atoms with van der Waals surface area (Å²) in [5, 5.41) is 0.926. The molecule has 0 unspecified atom stereocenters. The summed E-state index contributed by atoms with van der Waals surface area (Å²) in [6, 6.07) is 17.0. The maximum absolute atomic E-state index is 11.9. The fourth-order valence-electron chi connectivity index (χ4n) is 1.89. The minimum absolute atomic E-state index is 0.309. The molecule has 0 radical (unpaired) electrons. The fraction of sp³-hybridized carbons (Fsp3) is 0. The second kappa shape index (κ2) is 4.42. The lowest BCUT2D eigenvalue weighted by molar-refractivity contribution is 0.563. The predicted octanol–water partition coefficient (Wildman–Crippen LogP) is 4.22. The number of benzene rings is 2. The zero-order valence-electron chi connectivity index (χ0n) is 9.39. The molecule has 0 saturated carbocycles. The Balaban J connectivity index is 2.26. The molecule has 0 spiro atoms. The average Bonchev–Trinajstić information content (AvgIpc) is 2.39. The first-order chi connectivity index (χ1) is 8.74. The molecule has 3 heteroatoms. The Morgan fingerprint density at radius 1 is 0.944 bits per heavy atom. The summed E-state index contributed by atoms with van der Waals surface area (Å²) in [5.41, 5.74) is 1.75. The van der Waals surface area contributed by atoms with Gasteiger partial charge in [-0.15, -0.1) is 0 Å². The molecule has 0 N–H and O–H groups in total. The molecule has 2 aromatic carbocycles. The second-order valence-electron chi connectivity index (χ2n) is 3.99. The highest BCUT2D eigenvalue weighted by Gasteiger charge is 2.06. The van der Waals surface area contributed by atoms with Gasteiger partial charge >= 0.3 is 5.63 Å². The van der Waals surface area contributed by atoms with Crippen LogP contribution in [0, 0.1) is 0 Å². The molecule has 3 aromatic rings. The Kier molecular flexibility index (Phi) is 2.76. The van der Waals surface area contributed by atoms with Gasteiger partial charge in [0.15, 0.2) is 0 Å². The van der Waals surface area contributed by atoms with Crippen LogP contribution in [-0.4, -0.2) is 0 Å². The van der Waals surface area contributed by atoms with Crippen molar-refractivity contribution in [3.8, 4) is 11.1 Å². The first-order valence-electron chi connectivity index (χ1n) is 5.53. The van der Waals surface area contributed by atoms with Gasteiger partial charge in [0, 0.05) is 9.86 Å². The Hall–Kier alpha value is -1.87. The van der Waals surface area contributed by atoms with E-state index in [2.05, 4.69) is 15.9 Å². The quantitative estimate of drug-likeness (QED) is 0.630. The zero-order chi connectivity index (χ0) is 12.5. The molecule has 3 rings (SSSR count). The summed E-state index contributed by atoms with van der Waals surface area (Å²) >= 11 is 3.37. The van der Waals surface area contributed by atoms with Crippen molar-refractivity contribution in [2.75, 3.05) is 0 Å². The Morgan fingerprint density at radius 2 is 1.67 bits per heavy atom. The number of halogens is 1. The maximum atomic E-state index is 11.9. The van der Waals surface area contributed by atoms with Crippen LogP contribution in [0.2, 0.25) is 0 Å². The Labute approximate surface area is 112 Å².